The lowest BCUT2D eigenvalue weighted by molar-refractivity contribution is 0.0385. The van der Waals surface area contributed by atoms with Crippen LogP contribution in [0.15, 0.2) is 0 Å². The summed E-state index contributed by atoms with van der Waals surface area (Å²) in [5.41, 5.74) is 0. The average molecular weight is 171 g/mol. The lowest BCUT2D eigenvalue weighted by Crippen LogP contribution is -2.35. The Balaban J connectivity index is 2.38. The van der Waals surface area contributed by atoms with Gasteiger partial charge in [0, 0.05) is 6.54 Å². The van der Waals surface area contributed by atoms with Crippen LogP contribution in [0, 0.1) is 11.8 Å². The Morgan fingerprint density at radius 2 is 2.00 bits per heavy atom. The van der Waals surface area contributed by atoms with Crippen molar-refractivity contribution in [1.29, 1.82) is 0 Å². The van der Waals surface area contributed by atoms with Gasteiger partial charge in [0.05, 0.1) is 6.10 Å². The highest BCUT2D eigenvalue weighted by Gasteiger charge is 2.26. The van der Waals surface area contributed by atoms with Crippen LogP contribution >= 0.6 is 0 Å². The Hall–Kier alpha value is -0.0800. The van der Waals surface area contributed by atoms with Gasteiger partial charge in [0.1, 0.15) is 0 Å². The highest BCUT2D eigenvalue weighted by Crippen LogP contribution is 2.29. The van der Waals surface area contributed by atoms with Gasteiger partial charge in [-0.2, -0.15) is 0 Å². The number of rotatable bonds is 2. The molecule has 0 aromatic carbocycles. The van der Waals surface area contributed by atoms with Gasteiger partial charge in [0.15, 0.2) is 0 Å². The van der Waals surface area contributed by atoms with Gasteiger partial charge >= 0.3 is 0 Å². The van der Waals surface area contributed by atoms with Gasteiger partial charge in [0.2, 0.25) is 0 Å². The van der Waals surface area contributed by atoms with E-state index >= 15 is 0 Å². The standard InChI is InChI=1S/C10H21NO/c1-8-4-5-10(12)9(6-8)7-11(2)3/h8-10,12H,4-7H2,1-3H3. The molecular weight excluding hydrogens is 150 g/mol. The van der Waals surface area contributed by atoms with Crippen molar-refractivity contribution in [2.45, 2.75) is 32.3 Å². The fourth-order valence-electron chi connectivity index (χ4n) is 2.15. The number of aliphatic hydroxyl groups is 1. The van der Waals surface area contributed by atoms with Crippen LogP contribution in [0.4, 0.5) is 0 Å². The molecule has 1 N–H and O–H groups in total. The van der Waals surface area contributed by atoms with E-state index in [1.807, 2.05) is 0 Å². The van der Waals surface area contributed by atoms with Gasteiger partial charge in [-0.3, -0.25) is 0 Å². The number of nitrogens with zero attached hydrogens (tertiary/aromatic N) is 1. The van der Waals surface area contributed by atoms with Gasteiger partial charge in [-0.25, -0.2) is 0 Å². The topological polar surface area (TPSA) is 23.5 Å². The molecule has 0 aliphatic heterocycles. The molecule has 1 saturated carbocycles. The first-order valence-electron chi connectivity index (χ1n) is 4.92. The van der Waals surface area contributed by atoms with E-state index in [9.17, 15) is 5.11 Å². The number of aliphatic hydroxyl groups excluding tert-OH is 1. The third kappa shape index (κ3) is 2.76. The SMILES string of the molecule is CC1CCC(O)C(CN(C)C)C1. The molecule has 0 aromatic heterocycles. The second-order valence-electron chi connectivity index (χ2n) is 4.51. The first-order chi connectivity index (χ1) is 5.59. The van der Waals surface area contributed by atoms with Crippen molar-refractivity contribution in [3.8, 4) is 0 Å². The molecule has 0 radical (unpaired) electrons. The smallest absolute Gasteiger partial charge is 0.0580 e. The van der Waals surface area contributed by atoms with E-state index in [0.29, 0.717) is 5.92 Å². The van der Waals surface area contributed by atoms with Crippen LogP contribution < -0.4 is 0 Å². The van der Waals surface area contributed by atoms with Gasteiger partial charge < -0.3 is 10.0 Å². The van der Waals surface area contributed by atoms with E-state index in [2.05, 4.69) is 25.9 Å². The maximum absolute atomic E-state index is 9.71. The van der Waals surface area contributed by atoms with E-state index in [1.54, 1.807) is 0 Å². The molecule has 1 aliphatic carbocycles. The Morgan fingerprint density at radius 3 is 2.58 bits per heavy atom. The molecule has 0 heterocycles. The van der Waals surface area contributed by atoms with E-state index in [-0.39, 0.29) is 6.10 Å². The van der Waals surface area contributed by atoms with Crippen LogP contribution in [0.25, 0.3) is 0 Å². The number of hydrogen-bond acceptors (Lipinski definition) is 2. The zero-order valence-electron chi connectivity index (χ0n) is 8.45. The summed E-state index contributed by atoms with van der Waals surface area (Å²) in [6, 6.07) is 0. The van der Waals surface area contributed by atoms with Gasteiger partial charge in [-0.05, 0) is 45.2 Å². The predicted molar refractivity (Wildman–Crippen MR) is 51.1 cm³/mol. The van der Waals surface area contributed by atoms with Crippen LogP contribution in [0.2, 0.25) is 0 Å². The summed E-state index contributed by atoms with van der Waals surface area (Å²) in [4.78, 5) is 2.17. The van der Waals surface area contributed by atoms with Crippen LogP contribution in [0.5, 0.6) is 0 Å². The molecule has 0 amide bonds. The molecule has 0 aromatic rings. The molecule has 2 nitrogen and oxygen atoms in total. The summed E-state index contributed by atoms with van der Waals surface area (Å²) in [6.45, 7) is 3.32. The van der Waals surface area contributed by atoms with Crippen molar-refractivity contribution in [2.75, 3.05) is 20.6 Å². The molecule has 1 aliphatic rings. The van der Waals surface area contributed by atoms with Crippen molar-refractivity contribution < 1.29 is 5.11 Å². The summed E-state index contributed by atoms with van der Waals surface area (Å²) in [5, 5.41) is 9.71. The van der Waals surface area contributed by atoms with Crippen molar-refractivity contribution in [3.63, 3.8) is 0 Å². The van der Waals surface area contributed by atoms with E-state index < -0.39 is 0 Å². The minimum atomic E-state index is -0.0522. The highest BCUT2D eigenvalue weighted by molar-refractivity contribution is 4.79. The largest absolute Gasteiger partial charge is 0.393 e. The average Bonchev–Trinajstić information content (AvgIpc) is 1.96. The third-order valence-corrected chi connectivity index (χ3v) is 2.80. The van der Waals surface area contributed by atoms with Crippen LogP contribution in [-0.2, 0) is 0 Å². The first kappa shape index (κ1) is 10.0. The second-order valence-corrected chi connectivity index (χ2v) is 4.51. The zero-order valence-corrected chi connectivity index (χ0v) is 8.45. The molecule has 0 bridgehead atoms. The quantitative estimate of drug-likeness (QED) is 0.678. The predicted octanol–water partition coefficient (Wildman–Crippen LogP) is 1.35. The zero-order chi connectivity index (χ0) is 9.14. The van der Waals surface area contributed by atoms with Crippen molar-refractivity contribution in [3.05, 3.63) is 0 Å². The first-order valence-corrected chi connectivity index (χ1v) is 4.92. The van der Waals surface area contributed by atoms with E-state index in [4.69, 9.17) is 0 Å². The van der Waals surface area contributed by atoms with Crippen molar-refractivity contribution in [2.24, 2.45) is 11.8 Å². The van der Waals surface area contributed by atoms with Crippen LogP contribution in [0.1, 0.15) is 26.2 Å². The fraction of sp³-hybridized carbons (Fsp3) is 1.00. The molecule has 0 spiro atoms. The van der Waals surface area contributed by atoms with Crippen LogP contribution in [0.3, 0.4) is 0 Å². The van der Waals surface area contributed by atoms with Crippen molar-refractivity contribution in [1.82, 2.24) is 4.90 Å². The molecule has 3 atom stereocenters. The maximum atomic E-state index is 9.71. The summed E-state index contributed by atoms with van der Waals surface area (Å²) < 4.78 is 0. The Morgan fingerprint density at radius 1 is 1.33 bits per heavy atom. The lowest BCUT2D eigenvalue weighted by Gasteiger charge is -2.33. The molecule has 1 fully saturated rings. The minimum absolute atomic E-state index is 0.0522. The highest BCUT2D eigenvalue weighted by atomic mass is 16.3. The normalized spacial score (nSPS) is 37.2. The van der Waals surface area contributed by atoms with Gasteiger partial charge in [-0.15, -0.1) is 0 Å². The Labute approximate surface area is 75.6 Å². The summed E-state index contributed by atoms with van der Waals surface area (Å²) in [7, 11) is 4.15. The maximum Gasteiger partial charge on any atom is 0.0580 e. The molecular formula is C10H21NO. The van der Waals surface area contributed by atoms with Crippen molar-refractivity contribution >= 4 is 0 Å². The third-order valence-electron chi connectivity index (χ3n) is 2.80. The summed E-state index contributed by atoms with van der Waals surface area (Å²) in [6.07, 6.45) is 3.34. The summed E-state index contributed by atoms with van der Waals surface area (Å²) in [5.74, 6) is 1.31. The van der Waals surface area contributed by atoms with Gasteiger partial charge in [0.25, 0.3) is 0 Å². The summed E-state index contributed by atoms with van der Waals surface area (Å²) >= 11 is 0. The second kappa shape index (κ2) is 4.24. The molecule has 12 heavy (non-hydrogen) atoms. The number of hydrogen-bond donors (Lipinski definition) is 1. The Bertz CT molecular complexity index is 134. The van der Waals surface area contributed by atoms with Gasteiger partial charge in [-0.1, -0.05) is 6.92 Å². The van der Waals surface area contributed by atoms with Crippen LogP contribution in [-0.4, -0.2) is 36.8 Å². The molecule has 2 heteroatoms. The molecule has 72 valence electrons. The molecule has 1 rings (SSSR count). The monoisotopic (exact) mass is 171 g/mol. The minimum Gasteiger partial charge on any atom is -0.393 e. The van der Waals surface area contributed by atoms with E-state index in [0.717, 1.165) is 18.9 Å². The molecule has 3 unspecified atom stereocenters. The van der Waals surface area contributed by atoms with E-state index in [1.165, 1.54) is 12.8 Å². The fourth-order valence-corrected chi connectivity index (χ4v) is 2.15. The molecule has 0 saturated heterocycles. The Kier molecular flexibility index (Phi) is 3.53. The lowest BCUT2D eigenvalue weighted by atomic mass is 9.80.